The van der Waals surface area contributed by atoms with Gasteiger partial charge in [0.1, 0.15) is 84.4 Å². The highest BCUT2D eigenvalue weighted by Gasteiger charge is 2.47. The zero-order valence-corrected chi connectivity index (χ0v) is 76.5. The lowest BCUT2D eigenvalue weighted by molar-refractivity contribution is -0.217. The Morgan fingerprint density at radius 1 is 0.175 bits per heavy atom. The molecular weight excluding hydrogens is 1510 g/mol. The molecule has 0 aliphatic rings. The molecule has 0 fully saturated rings. The largest absolute Gasteiger partial charge is 0.376 e. The van der Waals surface area contributed by atoms with E-state index >= 15 is 0 Å². The van der Waals surface area contributed by atoms with Crippen LogP contribution in [0.3, 0.4) is 0 Å². The van der Waals surface area contributed by atoms with Crippen LogP contribution in [0, 0.1) is 0 Å². The fraction of sp³-hybridized carbons (Fsp3) is 0.654. The van der Waals surface area contributed by atoms with Crippen LogP contribution in [0.5, 0.6) is 0 Å². The minimum absolute atomic E-state index is 0.151. The zero-order valence-electron chi connectivity index (χ0n) is 76.5. The Bertz CT molecular complexity index is 2880. The molecule has 0 amide bonds. The summed E-state index contributed by atoms with van der Waals surface area (Å²) in [6, 6.07) is 63.4. The van der Waals surface area contributed by atoms with Gasteiger partial charge in [0.05, 0.1) is 39.6 Å². The molecule has 0 heterocycles. The molecule has 6 aromatic rings. The van der Waals surface area contributed by atoms with E-state index in [0.29, 0.717) is 79.3 Å². The van der Waals surface area contributed by atoms with Gasteiger partial charge < -0.3 is 75.8 Å². The van der Waals surface area contributed by atoms with E-state index in [9.17, 15) is 0 Å². The molecule has 16 heteroatoms. The van der Waals surface area contributed by atoms with Gasteiger partial charge in [0.2, 0.25) is 0 Å². The Balaban J connectivity index is 1.45. The topological polar surface area (TPSA) is 148 Å². The highest BCUT2D eigenvalue weighted by atomic mass is 16.6. The van der Waals surface area contributed by atoms with Crippen LogP contribution in [-0.4, -0.2) is 192 Å². The van der Waals surface area contributed by atoms with Crippen molar-refractivity contribution < 1.29 is 75.8 Å². The first-order chi connectivity index (χ1) is 59.2. The van der Waals surface area contributed by atoms with Crippen LogP contribution in [0.4, 0.5) is 0 Å². The summed E-state index contributed by atoms with van der Waals surface area (Å²) in [5.74, 6) is 0. The lowest BCUT2D eigenvalue weighted by Gasteiger charge is -2.41. The molecule has 0 spiro atoms. The van der Waals surface area contributed by atoms with Gasteiger partial charge in [-0.15, -0.1) is 0 Å². The molecule has 0 saturated carbocycles. The highest BCUT2D eigenvalue weighted by molar-refractivity contribution is 5.49. The first-order valence-electron chi connectivity index (χ1n) is 47.3. The van der Waals surface area contributed by atoms with Gasteiger partial charge in [0.25, 0.3) is 0 Å². The van der Waals surface area contributed by atoms with Crippen molar-refractivity contribution in [1.29, 1.82) is 0 Å². The van der Waals surface area contributed by atoms with Gasteiger partial charge in [-0.1, -0.05) is 342 Å². The summed E-state index contributed by atoms with van der Waals surface area (Å²) in [5.41, 5.74) is 3.99. The maximum atomic E-state index is 7.72. The molecule has 0 aromatic heterocycles. The number of rotatable bonds is 77. The van der Waals surface area contributed by atoms with E-state index in [2.05, 4.69) is 265 Å². The number of hydrogen-bond acceptors (Lipinski definition) is 16. The third-order valence-electron chi connectivity index (χ3n) is 22.1. The summed E-state index contributed by atoms with van der Waals surface area (Å²) in [6.45, 7) is 33.1. The van der Waals surface area contributed by atoms with Crippen molar-refractivity contribution in [2.24, 2.45) is 0 Å². The molecule has 6 aromatic carbocycles. The van der Waals surface area contributed by atoms with Crippen molar-refractivity contribution in [3.05, 3.63) is 215 Å². The molecule has 0 saturated heterocycles. The quantitative estimate of drug-likeness (QED) is 0.0263. The SMILES string of the molecule is CCCCO[C@H]([C@@H](OCCCC)[C@H](COC[C@@H](OCCCC)[C@@H](OCCCC)[C@H](OCCCC)[C@@H](COC(c1ccccc1)(c1ccccc1)c1ccccc1)OCCCC)OCCCC)[C@H](COC[C@@H](OCCCC)[C@@H](OCCCC)[C@H](OCCCC)[C@@H](COC(c1ccccc1)(c1ccccc1)c1ccccc1)OCCCC)OCCCC. The second kappa shape index (κ2) is 65.3. The van der Waals surface area contributed by atoms with Crippen molar-refractivity contribution in [3.63, 3.8) is 0 Å². The van der Waals surface area contributed by atoms with Crippen molar-refractivity contribution in [3.8, 4) is 0 Å². The molecule has 0 aliphatic heterocycles. The first kappa shape index (κ1) is 103. The summed E-state index contributed by atoms with van der Waals surface area (Å²) < 4.78 is 117. The van der Waals surface area contributed by atoms with Gasteiger partial charge in [-0.25, -0.2) is 0 Å². The molecule has 0 unspecified atom stereocenters. The van der Waals surface area contributed by atoms with Gasteiger partial charge in [-0.3, -0.25) is 0 Å². The van der Waals surface area contributed by atoms with Gasteiger partial charge in [-0.2, -0.15) is 0 Å². The maximum Gasteiger partial charge on any atom is 0.143 e. The van der Waals surface area contributed by atoms with Crippen LogP contribution >= 0.6 is 0 Å². The molecule has 6 rings (SSSR count). The summed E-state index contributed by atoms with van der Waals surface area (Å²) in [6.07, 6.45) is 13.8. The average molecular weight is 1670 g/mol. The molecule has 0 bridgehead atoms. The molecule has 120 heavy (non-hydrogen) atoms. The summed E-state index contributed by atoms with van der Waals surface area (Å²) in [5, 5.41) is 0. The van der Waals surface area contributed by atoms with Crippen LogP contribution < -0.4 is 0 Å². The van der Waals surface area contributed by atoms with E-state index in [-0.39, 0.29) is 39.6 Å². The molecule has 0 aliphatic carbocycles. The monoisotopic (exact) mass is 1670 g/mol. The van der Waals surface area contributed by atoms with Crippen LogP contribution in [0.2, 0.25) is 0 Å². The van der Waals surface area contributed by atoms with Crippen LogP contribution in [-0.2, 0) is 87.0 Å². The summed E-state index contributed by atoms with van der Waals surface area (Å²) in [7, 11) is 0. The van der Waals surface area contributed by atoms with Crippen molar-refractivity contribution >= 4 is 0 Å². The van der Waals surface area contributed by atoms with E-state index in [4.69, 9.17) is 75.8 Å². The first-order valence-corrected chi connectivity index (χ1v) is 47.3. The lowest BCUT2D eigenvalue weighted by atomic mass is 9.80. The summed E-state index contributed by atoms with van der Waals surface area (Å²) in [4.78, 5) is 0. The van der Waals surface area contributed by atoms with Crippen molar-refractivity contribution in [2.75, 3.05) is 119 Å². The number of unbranched alkanes of at least 4 members (excludes halogenated alkanes) is 12. The smallest absolute Gasteiger partial charge is 0.143 e. The average Bonchev–Trinajstić information content (AvgIpc) is 0.761. The second-order valence-corrected chi connectivity index (χ2v) is 32.0. The Morgan fingerprint density at radius 3 is 0.450 bits per heavy atom. The predicted molar refractivity (Wildman–Crippen MR) is 488 cm³/mol. The normalized spacial score (nSPS) is 15.2. The Hall–Kier alpha value is -5.32. The van der Waals surface area contributed by atoms with Gasteiger partial charge in [0.15, 0.2) is 0 Å². The number of benzene rings is 6. The summed E-state index contributed by atoms with van der Waals surface area (Å²) >= 11 is 0. The second-order valence-electron chi connectivity index (χ2n) is 32.0. The molecular formula is C104H162O16. The van der Waals surface area contributed by atoms with Gasteiger partial charge in [0, 0.05) is 79.3 Å². The lowest BCUT2D eigenvalue weighted by Crippen LogP contribution is -2.55. The molecule has 12 atom stereocenters. The Kier molecular flexibility index (Phi) is 56.3. The fourth-order valence-electron chi connectivity index (χ4n) is 14.9. The molecule has 0 N–H and O–H groups in total. The number of ether oxygens (including phenoxy) is 16. The van der Waals surface area contributed by atoms with Crippen LogP contribution in [0.15, 0.2) is 182 Å². The van der Waals surface area contributed by atoms with E-state index in [0.717, 1.165) is 187 Å². The van der Waals surface area contributed by atoms with E-state index in [1.807, 2.05) is 0 Å². The van der Waals surface area contributed by atoms with Crippen LogP contribution in [0.25, 0.3) is 0 Å². The van der Waals surface area contributed by atoms with E-state index in [1.165, 1.54) is 0 Å². The fourth-order valence-corrected chi connectivity index (χ4v) is 14.9. The highest BCUT2D eigenvalue weighted by Crippen LogP contribution is 2.43. The maximum absolute atomic E-state index is 7.72. The Morgan fingerprint density at radius 2 is 0.308 bits per heavy atom. The van der Waals surface area contributed by atoms with Crippen molar-refractivity contribution in [2.45, 2.75) is 322 Å². The third kappa shape index (κ3) is 35.6. The van der Waals surface area contributed by atoms with Gasteiger partial charge in [-0.05, 0) is 110 Å². The standard InChI is InChI=1S/C104H162O16/c1-13-25-67-107-91(79-105-81-93(109-69-27-15-3)99(115-75-33-21-9)101(117-77-35-23-11)95(111-71-29-17-5)83-119-103(85-55-43-37-44-56-85,86-57-45-38-46-58-86)87-59-47-39-48-60-87)97(113-73-31-19-7)98(114-74-32-20-8)92(108-68-26-14-2)80-106-82-94(110-70-28-16-4)100(116-76-34-22-10)102(118-78-36-24-12)96(112-72-30-18-6)84-120-104(88-61-49-40-50-62-88,89-63-51-41-52-64-89)90-65-53-42-54-66-90/h37-66,91-102H,13-36,67-84H2,1-12H3/t91-,92-,93+,94+,95+,96+,97-,98-,99+,100+,101+,102+/m0/s1. The predicted octanol–water partition coefficient (Wildman–Crippen LogP) is 23.3. The molecule has 674 valence electrons. The minimum atomic E-state index is -1.02. The Labute approximate surface area is 727 Å². The zero-order chi connectivity index (χ0) is 85.6. The van der Waals surface area contributed by atoms with E-state index in [1.54, 1.807) is 0 Å². The molecule has 0 radical (unpaired) electrons. The third-order valence-corrected chi connectivity index (χ3v) is 22.1. The van der Waals surface area contributed by atoms with Crippen molar-refractivity contribution in [1.82, 2.24) is 0 Å². The van der Waals surface area contributed by atoms with E-state index < -0.39 is 84.4 Å². The van der Waals surface area contributed by atoms with Crippen LogP contribution in [0.1, 0.15) is 271 Å². The minimum Gasteiger partial charge on any atom is -0.376 e. The molecule has 16 nitrogen and oxygen atoms in total. The number of hydrogen-bond donors (Lipinski definition) is 0. The van der Waals surface area contributed by atoms with Gasteiger partial charge >= 0.3 is 0 Å².